The van der Waals surface area contributed by atoms with Crippen LogP contribution in [0.3, 0.4) is 0 Å². The van der Waals surface area contributed by atoms with E-state index in [1.54, 1.807) is 0 Å². The Bertz CT molecular complexity index is 2840. The topological polar surface area (TPSA) is 38.0 Å². The third-order valence-electron chi connectivity index (χ3n) is 12.3. The number of allylic oxidation sites excluding steroid dienone is 8. The molecule has 0 bridgehead atoms. The van der Waals surface area contributed by atoms with Crippen LogP contribution >= 0.6 is 0 Å². The first kappa shape index (κ1) is 34.7. The smallest absolute Gasteiger partial charge is 0.0714 e. The second kappa shape index (κ2) is 14.4. The van der Waals surface area contributed by atoms with Gasteiger partial charge < -0.3 is 11.1 Å². The zero-order chi connectivity index (χ0) is 38.3. The van der Waals surface area contributed by atoms with E-state index in [1.165, 1.54) is 77.2 Å². The minimum absolute atomic E-state index is 0.0389. The van der Waals surface area contributed by atoms with E-state index in [9.17, 15) is 0 Å². The van der Waals surface area contributed by atoms with Gasteiger partial charge in [0.1, 0.15) is 0 Å². The quantitative estimate of drug-likeness (QED) is 0.160. The highest BCUT2D eigenvalue weighted by molar-refractivity contribution is 6.07. The van der Waals surface area contributed by atoms with E-state index >= 15 is 0 Å². The van der Waals surface area contributed by atoms with Gasteiger partial charge in [0.05, 0.1) is 11.5 Å². The van der Waals surface area contributed by atoms with Crippen LogP contribution in [0.5, 0.6) is 0 Å². The highest BCUT2D eigenvalue weighted by atomic mass is 14.9. The molecular weight excluding hydrogens is 689 g/mol. The summed E-state index contributed by atoms with van der Waals surface area (Å²) in [4.78, 5) is 0. The molecule has 274 valence electrons. The van der Waals surface area contributed by atoms with Crippen molar-refractivity contribution < 1.29 is 0 Å². The second-order valence-corrected chi connectivity index (χ2v) is 15.5. The van der Waals surface area contributed by atoms with Gasteiger partial charge >= 0.3 is 0 Å². The molecule has 3 aliphatic rings. The lowest BCUT2D eigenvalue weighted by molar-refractivity contribution is 0.658. The number of hydrogen-bond acceptors (Lipinski definition) is 2. The fourth-order valence-electron chi connectivity index (χ4n) is 9.41. The van der Waals surface area contributed by atoms with Crippen molar-refractivity contribution in [2.75, 3.05) is 0 Å². The van der Waals surface area contributed by atoms with E-state index in [-0.39, 0.29) is 6.04 Å². The predicted octanol–water partition coefficient (Wildman–Crippen LogP) is 12.6. The molecule has 0 aliphatic heterocycles. The van der Waals surface area contributed by atoms with E-state index < -0.39 is 5.41 Å². The molecule has 1 unspecified atom stereocenters. The second-order valence-electron chi connectivity index (χ2n) is 15.5. The highest BCUT2D eigenvalue weighted by Gasteiger charge is 2.46. The number of rotatable bonds is 7. The van der Waals surface area contributed by atoms with Gasteiger partial charge in [0.25, 0.3) is 0 Å². The van der Waals surface area contributed by atoms with Crippen molar-refractivity contribution in [3.8, 4) is 11.1 Å². The Morgan fingerprint density at radius 3 is 2.00 bits per heavy atom. The van der Waals surface area contributed by atoms with E-state index in [1.807, 2.05) is 0 Å². The van der Waals surface area contributed by atoms with E-state index in [0.717, 1.165) is 29.8 Å². The van der Waals surface area contributed by atoms with Gasteiger partial charge in [-0.05, 0) is 120 Å². The van der Waals surface area contributed by atoms with Gasteiger partial charge in [-0.2, -0.15) is 0 Å². The monoisotopic (exact) mass is 732 g/mol. The minimum atomic E-state index is -0.543. The first-order valence-electron chi connectivity index (χ1n) is 20.0. The normalized spacial score (nSPS) is 18.2. The number of benzene rings is 7. The number of nitrogens with two attached hydrogens (primary N) is 1. The van der Waals surface area contributed by atoms with Crippen molar-refractivity contribution in [1.82, 2.24) is 5.32 Å². The summed E-state index contributed by atoms with van der Waals surface area (Å²) in [6.45, 7) is 2.98. The molecule has 7 aromatic rings. The molecule has 2 nitrogen and oxygen atoms in total. The van der Waals surface area contributed by atoms with Gasteiger partial charge in [0.15, 0.2) is 0 Å². The zero-order valence-corrected chi connectivity index (χ0v) is 32.1. The van der Waals surface area contributed by atoms with Crippen molar-refractivity contribution in [3.05, 3.63) is 250 Å². The van der Waals surface area contributed by atoms with Gasteiger partial charge in [-0.1, -0.05) is 182 Å². The summed E-state index contributed by atoms with van der Waals surface area (Å²) in [5.74, 6) is 0. The largest absolute Gasteiger partial charge is 0.398 e. The van der Waals surface area contributed by atoms with Crippen LogP contribution in [0.2, 0.25) is 0 Å². The molecule has 10 rings (SSSR count). The Morgan fingerprint density at radius 2 is 1.26 bits per heavy atom. The molecule has 0 fully saturated rings. The SMILES string of the molecule is C/C(=C1/C=CC=CC1)c1ccc2c(c1)C(c1ccccc1)(c1ccccc1)c1cc(/C(N)=C3\C=CC=CC3NCc3ccc4c(ccc5ccccc54)c3)ccc1-2. The van der Waals surface area contributed by atoms with Crippen LogP contribution in [0.1, 0.15) is 52.3 Å². The zero-order valence-electron chi connectivity index (χ0n) is 32.1. The third-order valence-corrected chi connectivity index (χ3v) is 12.3. The Balaban J connectivity index is 1.07. The minimum Gasteiger partial charge on any atom is -0.398 e. The first-order chi connectivity index (χ1) is 28.1. The predicted molar refractivity (Wildman–Crippen MR) is 241 cm³/mol. The molecule has 0 aromatic heterocycles. The van der Waals surface area contributed by atoms with Crippen LogP contribution in [0.4, 0.5) is 0 Å². The van der Waals surface area contributed by atoms with Gasteiger partial charge in [0, 0.05) is 12.2 Å². The van der Waals surface area contributed by atoms with Crippen LogP contribution in [0.25, 0.3) is 43.9 Å². The van der Waals surface area contributed by atoms with Crippen LogP contribution in [-0.4, -0.2) is 6.04 Å². The molecule has 0 saturated heterocycles. The summed E-state index contributed by atoms with van der Waals surface area (Å²) >= 11 is 0. The van der Waals surface area contributed by atoms with Crippen molar-refractivity contribution in [2.24, 2.45) is 5.73 Å². The summed E-state index contributed by atoms with van der Waals surface area (Å²) in [7, 11) is 0. The lowest BCUT2D eigenvalue weighted by Crippen LogP contribution is -2.31. The molecule has 0 spiro atoms. The molecular formula is C55H44N2. The van der Waals surface area contributed by atoms with Crippen molar-refractivity contribution in [3.63, 3.8) is 0 Å². The van der Waals surface area contributed by atoms with Crippen LogP contribution < -0.4 is 11.1 Å². The maximum absolute atomic E-state index is 7.30. The van der Waals surface area contributed by atoms with Gasteiger partial charge in [-0.3, -0.25) is 0 Å². The molecule has 0 radical (unpaired) electrons. The number of fused-ring (bicyclic) bond motifs is 6. The van der Waals surface area contributed by atoms with Crippen LogP contribution in [0, 0.1) is 0 Å². The average Bonchev–Trinajstić information content (AvgIpc) is 3.58. The molecule has 1 atom stereocenters. The standard InChI is InChI=1S/C55H44N2/c1-37(39-15-5-2-6-16-39)41-28-31-48-49-32-29-43(35-52(49)55(51(48)34-41,44-18-7-3-8-19-44)45-20-9-4-10-21-45)54(56)50-23-13-14-24-53(50)57-36-38-25-30-47-42(33-38)27-26-40-17-11-12-22-46(40)47/h2-15,17-35,53,57H,16,36,56H2,1H3/b39-37+,54-50-. The lowest BCUT2D eigenvalue weighted by atomic mass is 9.67. The fraction of sp³-hybridized carbons (Fsp3) is 0.0909. The molecule has 2 heteroatoms. The first-order valence-corrected chi connectivity index (χ1v) is 20.0. The molecule has 57 heavy (non-hydrogen) atoms. The van der Waals surface area contributed by atoms with E-state index in [4.69, 9.17) is 5.73 Å². The van der Waals surface area contributed by atoms with Gasteiger partial charge in [-0.15, -0.1) is 0 Å². The van der Waals surface area contributed by atoms with Crippen LogP contribution in [0.15, 0.2) is 211 Å². The van der Waals surface area contributed by atoms with Crippen molar-refractivity contribution in [2.45, 2.75) is 31.3 Å². The fourth-order valence-corrected chi connectivity index (χ4v) is 9.41. The maximum atomic E-state index is 7.30. The average molecular weight is 733 g/mol. The summed E-state index contributed by atoms with van der Waals surface area (Å²) in [5.41, 5.74) is 22.3. The van der Waals surface area contributed by atoms with Gasteiger partial charge in [-0.25, -0.2) is 0 Å². The Hall–Kier alpha value is -6.74. The third kappa shape index (κ3) is 5.93. The Morgan fingerprint density at radius 1 is 0.614 bits per heavy atom. The Labute approximate surface area is 335 Å². The molecule has 7 aromatic carbocycles. The Kier molecular flexibility index (Phi) is 8.77. The van der Waals surface area contributed by atoms with Crippen molar-refractivity contribution >= 4 is 32.8 Å². The van der Waals surface area contributed by atoms with E-state index in [2.05, 4.69) is 213 Å². The summed E-state index contributed by atoms with van der Waals surface area (Å²) in [6, 6.07) is 55.9. The molecule has 0 saturated carbocycles. The highest BCUT2D eigenvalue weighted by Crippen LogP contribution is 2.57. The summed E-state index contributed by atoms with van der Waals surface area (Å²) in [6.07, 6.45) is 18.3. The number of hydrogen-bond donors (Lipinski definition) is 2. The van der Waals surface area contributed by atoms with Crippen LogP contribution in [-0.2, 0) is 12.0 Å². The number of nitrogens with one attached hydrogen (secondary N) is 1. The maximum Gasteiger partial charge on any atom is 0.0714 e. The molecule has 3 N–H and O–H groups in total. The van der Waals surface area contributed by atoms with Crippen molar-refractivity contribution in [1.29, 1.82) is 0 Å². The summed E-state index contributed by atoms with van der Waals surface area (Å²) in [5, 5.41) is 8.92. The van der Waals surface area contributed by atoms with Gasteiger partial charge in [0.2, 0.25) is 0 Å². The molecule has 3 aliphatic carbocycles. The lowest BCUT2D eigenvalue weighted by Gasteiger charge is -2.34. The molecule has 0 heterocycles. The summed E-state index contributed by atoms with van der Waals surface area (Å²) < 4.78 is 0. The molecule has 0 amide bonds. The van der Waals surface area contributed by atoms with E-state index in [0.29, 0.717) is 0 Å².